The molecule has 1 saturated heterocycles. The molecule has 3 aromatic rings. The molecule has 2 aromatic carbocycles. The number of aromatic nitrogens is 4. The van der Waals surface area contributed by atoms with Gasteiger partial charge in [0, 0.05) is 31.9 Å². The Morgan fingerprint density at radius 1 is 1.00 bits per heavy atom. The number of hydrogen-bond donors (Lipinski definition) is 0. The SMILES string of the molecule is Cc1cccc(N2CCN(C(=O)Cc3ccc(-n4cnnn4)cc3)CC2)c1. The van der Waals surface area contributed by atoms with Crippen molar-refractivity contribution in [1.29, 1.82) is 0 Å². The summed E-state index contributed by atoms with van der Waals surface area (Å²) < 4.78 is 1.59. The number of benzene rings is 2. The summed E-state index contributed by atoms with van der Waals surface area (Å²) in [5.41, 5.74) is 4.37. The zero-order valence-corrected chi connectivity index (χ0v) is 15.3. The summed E-state index contributed by atoms with van der Waals surface area (Å²) in [5, 5.41) is 11.1. The van der Waals surface area contributed by atoms with Gasteiger partial charge < -0.3 is 9.80 Å². The van der Waals surface area contributed by atoms with E-state index in [9.17, 15) is 4.79 Å². The normalized spacial score (nSPS) is 14.4. The van der Waals surface area contributed by atoms with Gasteiger partial charge in [-0.05, 0) is 52.7 Å². The lowest BCUT2D eigenvalue weighted by atomic mass is 10.1. The van der Waals surface area contributed by atoms with Crippen LogP contribution in [-0.4, -0.2) is 57.2 Å². The van der Waals surface area contributed by atoms with Crippen LogP contribution >= 0.6 is 0 Å². The van der Waals surface area contributed by atoms with E-state index in [-0.39, 0.29) is 5.91 Å². The second-order valence-corrected chi connectivity index (χ2v) is 6.80. The van der Waals surface area contributed by atoms with E-state index in [0.717, 1.165) is 37.4 Å². The van der Waals surface area contributed by atoms with Gasteiger partial charge in [-0.15, -0.1) is 5.10 Å². The smallest absolute Gasteiger partial charge is 0.227 e. The Morgan fingerprint density at radius 3 is 2.44 bits per heavy atom. The average molecular weight is 362 g/mol. The lowest BCUT2D eigenvalue weighted by molar-refractivity contribution is -0.130. The van der Waals surface area contributed by atoms with E-state index in [1.807, 2.05) is 29.2 Å². The molecule has 1 aromatic heterocycles. The van der Waals surface area contributed by atoms with E-state index in [1.165, 1.54) is 11.3 Å². The molecule has 4 rings (SSSR count). The molecular weight excluding hydrogens is 340 g/mol. The highest BCUT2D eigenvalue weighted by atomic mass is 16.2. The lowest BCUT2D eigenvalue weighted by Gasteiger charge is -2.36. The van der Waals surface area contributed by atoms with E-state index in [1.54, 1.807) is 11.0 Å². The molecular formula is C20H22N6O. The molecule has 0 aliphatic carbocycles. The number of tetrazole rings is 1. The number of aryl methyl sites for hydroxylation is 1. The van der Waals surface area contributed by atoms with Crippen molar-refractivity contribution in [3.8, 4) is 5.69 Å². The monoisotopic (exact) mass is 362 g/mol. The van der Waals surface area contributed by atoms with Crippen LogP contribution in [0.4, 0.5) is 5.69 Å². The molecule has 0 saturated carbocycles. The minimum atomic E-state index is 0.175. The third-order valence-corrected chi connectivity index (χ3v) is 4.90. The van der Waals surface area contributed by atoms with Gasteiger partial charge in [0.2, 0.25) is 5.91 Å². The summed E-state index contributed by atoms with van der Waals surface area (Å²) >= 11 is 0. The van der Waals surface area contributed by atoms with E-state index >= 15 is 0 Å². The van der Waals surface area contributed by atoms with Crippen LogP contribution in [0, 0.1) is 6.92 Å². The van der Waals surface area contributed by atoms with Crippen LogP contribution in [0.15, 0.2) is 54.9 Å². The molecule has 0 spiro atoms. The largest absolute Gasteiger partial charge is 0.368 e. The number of nitrogens with zero attached hydrogens (tertiary/aromatic N) is 6. The molecule has 1 aliphatic heterocycles. The number of anilines is 1. The summed E-state index contributed by atoms with van der Waals surface area (Å²) in [6.45, 7) is 5.36. The van der Waals surface area contributed by atoms with Gasteiger partial charge in [0.1, 0.15) is 6.33 Å². The first-order chi connectivity index (χ1) is 13.2. The second kappa shape index (κ2) is 7.57. The highest BCUT2D eigenvalue weighted by Gasteiger charge is 2.21. The van der Waals surface area contributed by atoms with Crippen molar-refractivity contribution in [2.75, 3.05) is 31.1 Å². The lowest BCUT2D eigenvalue weighted by Crippen LogP contribution is -2.49. The van der Waals surface area contributed by atoms with Crippen molar-refractivity contribution < 1.29 is 4.79 Å². The van der Waals surface area contributed by atoms with Crippen molar-refractivity contribution in [2.24, 2.45) is 0 Å². The van der Waals surface area contributed by atoms with Crippen molar-refractivity contribution >= 4 is 11.6 Å². The number of piperazine rings is 1. The molecule has 1 aliphatic rings. The number of rotatable bonds is 4. The fourth-order valence-corrected chi connectivity index (χ4v) is 3.37. The molecule has 7 heteroatoms. The maximum absolute atomic E-state index is 12.6. The van der Waals surface area contributed by atoms with Crippen molar-refractivity contribution in [3.63, 3.8) is 0 Å². The van der Waals surface area contributed by atoms with E-state index in [2.05, 4.69) is 51.6 Å². The molecule has 0 radical (unpaired) electrons. The number of hydrogen-bond acceptors (Lipinski definition) is 5. The average Bonchev–Trinajstić information content (AvgIpc) is 3.23. The second-order valence-electron chi connectivity index (χ2n) is 6.80. The predicted molar refractivity (Wildman–Crippen MR) is 103 cm³/mol. The van der Waals surface area contributed by atoms with Crippen LogP contribution in [0.5, 0.6) is 0 Å². The third kappa shape index (κ3) is 3.97. The summed E-state index contributed by atoms with van der Waals surface area (Å²) in [6.07, 6.45) is 1.97. The minimum Gasteiger partial charge on any atom is -0.368 e. The van der Waals surface area contributed by atoms with Gasteiger partial charge in [-0.25, -0.2) is 4.68 Å². The Hall–Kier alpha value is -3.22. The zero-order chi connectivity index (χ0) is 18.6. The van der Waals surface area contributed by atoms with E-state index in [4.69, 9.17) is 0 Å². The van der Waals surface area contributed by atoms with Crippen LogP contribution in [0.3, 0.4) is 0 Å². The molecule has 1 amide bonds. The van der Waals surface area contributed by atoms with Crippen molar-refractivity contribution in [1.82, 2.24) is 25.1 Å². The molecule has 0 bridgehead atoms. The number of carbonyl (C=O) groups excluding carboxylic acids is 1. The first-order valence-corrected chi connectivity index (χ1v) is 9.11. The maximum atomic E-state index is 12.6. The van der Waals surface area contributed by atoms with Gasteiger partial charge in [0.15, 0.2) is 0 Å². The minimum absolute atomic E-state index is 0.175. The topological polar surface area (TPSA) is 67.2 Å². The van der Waals surface area contributed by atoms with Gasteiger partial charge in [-0.2, -0.15) is 0 Å². The maximum Gasteiger partial charge on any atom is 0.227 e. The summed E-state index contributed by atoms with van der Waals surface area (Å²) in [7, 11) is 0. The molecule has 0 unspecified atom stereocenters. The first-order valence-electron chi connectivity index (χ1n) is 9.11. The van der Waals surface area contributed by atoms with Gasteiger partial charge in [-0.3, -0.25) is 4.79 Å². The molecule has 1 fully saturated rings. The molecule has 27 heavy (non-hydrogen) atoms. The molecule has 7 nitrogen and oxygen atoms in total. The molecule has 138 valence electrons. The van der Waals surface area contributed by atoms with Crippen LogP contribution in [-0.2, 0) is 11.2 Å². The van der Waals surface area contributed by atoms with E-state index < -0.39 is 0 Å². The predicted octanol–water partition coefficient (Wildman–Crippen LogP) is 1.86. The van der Waals surface area contributed by atoms with Crippen molar-refractivity contribution in [2.45, 2.75) is 13.3 Å². The standard InChI is InChI=1S/C20H22N6O/c1-16-3-2-4-19(13-16)24-9-11-25(12-10-24)20(27)14-17-5-7-18(8-6-17)26-15-21-22-23-26/h2-8,13,15H,9-12,14H2,1H3. The zero-order valence-electron chi connectivity index (χ0n) is 15.3. The van der Waals surface area contributed by atoms with Crippen molar-refractivity contribution in [3.05, 3.63) is 66.0 Å². The van der Waals surface area contributed by atoms with Crippen LogP contribution in [0.1, 0.15) is 11.1 Å². The van der Waals surface area contributed by atoms with Crippen LogP contribution in [0.25, 0.3) is 5.69 Å². The highest BCUT2D eigenvalue weighted by molar-refractivity contribution is 5.79. The Labute approximate surface area is 158 Å². The van der Waals surface area contributed by atoms with Crippen LogP contribution < -0.4 is 4.90 Å². The Kier molecular flexibility index (Phi) is 4.82. The Balaban J connectivity index is 1.33. The third-order valence-electron chi connectivity index (χ3n) is 4.90. The Bertz CT molecular complexity index is 898. The van der Waals surface area contributed by atoms with Gasteiger partial charge in [0.05, 0.1) is 12.1 Å². The quantitative estimate of drug-likeness (QED) is 0.709. The summed E-state index contributed by atoms with van der Waals surface area (Å²) in [4.78, 5) is 17.0. The summed E-state index contributed by atoms with van der Waals surface area (Å²) in [6, 6.07) is 16.3. The molecule has 2 heterocycles. The number of carbonyl (C=O) groups is 1. The summed E-state index contributed by atoms with van der Waals surface area (Å²) in [5.74, 6) is 0.175. The molecule has 0 N–H and O–H groups in total. The van der Waals surface area contributed by atoms with Gasteiger partial charge in [-0.1, -0.05) is 24.3 Å². The Morgan fingerprint density at radius 2 is 1.78 bits per heavy atom. The number of amides is 1. The molecule has 0 atom stereocenters. The van der Waals surface area contributed by atoms with E-state index in [0.29, 0.717) is 6.42 Å². The fraction of sp³-hybridized carbons (Fsp3) is 0.300. The van der Waals surface area contributed by atoms with Gasteiger partial charge >= 0.3 is 0 Å². The van der Waals surface area contributed by atoms with Crippen LogP contribution in [0.2, 0.25) is 0 Å². The van der Waals surface area contributed by atoms with Gasteiger partial charge in [0.25, 0.3) is 0 Å². The first kappa shape index (κ1) is 17.2. The highest BCUT2D eigenvalue weighted by Crippen LogP contribution is 2.18. The fourth-order valence-electron chi connectivity index (χ4n) is 3.37.